The van der Waals surface area contributed by atoms with Crippen molar-refractivity contribution in [2.45, 2.75) is 65.0 Å². The van der Waals surface area contributed by atoms with Gasteiger partial charge in [0.25, 0.3) is 0 Å². The van der Waals surface area contributed by atoms with E-state index in [1.54, 1.807) is 20.0 Å². The molecule has 0 bridgehead atoms. The van der Waals surface area contributed by atoms with Gasteiger partial charge in [-0.1, -0.05) is 63.2 Å². The fraction of sp³-hybridized carbons (Fsp3) is 0.500. The Labute approximate surface area is 202 Å². The molecule has 0 spiro atoms. The van der Waals surface area contributed by atoms with Gasteiger partial charge in [-0.05, 0) is 50.7 Å². The predicted molar refractivity (Wildman–Crippen MR) is 132 cm³/mol. The van der Waals surface area contributed by atoms with Gasteiger partial charge in [0.05, 0.1) is 11.7 Å². The van der Waals surface area contributed by atoms with Crippen LogP contribution in [0.1, 0.15) is 69.8 Å². The molecule has 2 atom stereocenters. The van der Waals surface area contributed by atoms with Crippen molar-refractivity contribution < 1.29 is 22.7 Å². The summed E-state index contributed by atoms with van der Waals surface area (Å²) in [6.45, 7) is 8.02. The molecule has 0 aliphatic rings. The van der Waals surface area contributed by atoms with Crippen LogP contribution in [0, 0.1) is 0 Å². The van der Waals surface area contributed by atoms with E-state index < -0.39 is 23.6 Å². The summed E-state index contributed by atoms with van der Waals surface area (Å²) in [7, 11) is 3.24. The number of alkyl halides is 3. The van der Waals surface area contributed by atoms with Crippen molar-refractivity contribution in [2.24, 2.45) is 5.73 Å². The summed E-state index contributed by atoms with van der Waals surface area (Å²) in [6, 6.07) is 14.6. The van der Waals surface area contributed by atoms with E-state index in [1.807, 2.05) is 51.1 Å². The van der Waals surface area contributed by atoms with Crippen LogP contribution in [0.5, 0.6) is 0 Å². The SMILES string of the molecule is CC.CCCC(=O)NCC[C@](NC)(OC(C)c1cccc(C(F)(F)F)c1)c1ccccc1.CN. The number of carbonyl (C=O) groups is 1. The first kappa shape index (κ1) is 31.6. The lowest BCUT2D eigenvalue weighted by atomic mass is 9.97. The lowest BCUT2D eigenvalue weighted by Gasteiger charge is -2.37. The van der Waals surface area contributed by atoms with Crippen molar-refractivity contribution in [3.63, 3.8) is 0 Å². The van der Waals surface area contributed by atoms with Gasteiger partial charge in [0.2, 0.25) is 5.91 Å². The standard InChI is InChI=1S/C23H29F3N2O2.C2H6.CH5N/c1-4-9-21(29)28-15-14-22(27-3,19-11-6-5-7-12-19)30-17(2)18-10-8-13-20(16-18)23(24,25)26;2*1-2/h5-8,10-13,16-17,27H,4,9,14-15H2,1-3H3,(H,28,29);1-2H3;2H2,1H3/t17?,22-;;/m0../s1. The minimum Gasteiger partial charge on any atom is -0.356 e. The maximum absolute atomic E-state index is 13.1. The number of carbonyl (C=O) groups excluding carboxylic acids is 1. The Morgan fingerprint density at radius 2 is 1.62 bits per heavy atom. The normalized spacial score (nSPS) is 13.4. The van der Waals surface area contributed by atoms with Crippen LogP contribution < -0.4 is 16.4 Å². The predicted octanol–water partition coefficient (Wildman–Crippen LogP) is 5.76. The zero-order valence-corrected chi connectivity index (χ0v) is 21.1. The highest BCUT2D eigenvalue weighted by Gasteiger charge is 2.35. The number of halogens is 3. The van der Waals surface area contributed by atoms with E-state index >= 15 is 0 Å². The monoisotopic (exact) mass is 483 g/mol. The lowest BCUT2D eigenvalue weighted by Crippen LogP contribution is -2.46. The number of nitrogens with one attached hydrogen (secondary N) is 2. The first-order chi connectivity index (χ1) is 16.2. The average Bonchev–Trinajstić information content (AvgIpc) is 2.86. The number of rotatable bonds is 10. The van der Waals surface area contributed by atoms with Gasteiger partial charge in [0.1, 0.15) is 5.72 Å². The van der Waals surface area contributed by atoms with E-state index in [0.717, 1.165) is 24.1 Å². The molecule has 0 aliphatic carbocycles. The Morgan fingerprint density at radius 1 is 1.03 bits per heavy atom. The van der Waals surface area contributed by atoms with E-state index in [0.29, 0.717) is 24.9 Å². The van der Waals surface area contributed by atoms with Crippen LogP contribution in [0.15, 0.2) is 54.6 Å². The molecule has 192 valence electrons. The van der Waals surface area contributed by atoms with Gasteiger partial charge >= 0.3 is 6.18 Å². The third-order valence-electron chi connectivity index (χ3n) is 4.98. The van der Waals surface area contributed by atoms with E-state index in [4.69, 9.17) is 4.74 Å². The van der Waals surface area contributed by atoms with Gasteiger partial charge < -0.3 is 15.8 Å². The molecule has 1 amide bonds. The van der Waals surface area contributed by atoms with E-state index in [2.05, 4.69) is 16.4 Å². The third kappa shape index (κ3) is 9.83. The van der Waals surface area contributed by atoms with Gasteiger partial charge in [-0.3, -0.25) is 10.1 Å². The molecule has 0 aliphatic heterocycles. The molecule has 0 fully saturated rings. The molecule has 8 heteroatoms. The van der Waals surface area contributed by atoms with Crippen LogP contribution in [-0.2, 0) is 21.4 Å². The zero-order valence-electron chi connectivity index (χ0n) is 21.1. The fourth-order valence-electron chi connectivity index (χ4n) is 3.34. The Balaban J connectivity index is 0.00000258. The first-order valence-electron chi connectivity index (χ1n) is 11.7. The first-order valence-corrected chi connectivity index (χ1v) is 11.7. The Hall–Kier alpha value is -2.42. The lowest BCUT2D eigenvalue weighted by molar-refractivity contribution is -0.138. The highest BCUT2D eigenvalue weighted by Crippen LogP contribution is 2.35. The Bertz CT molecular complexity index is 816. The molecular formula is C26H40F3N3O2. The van der Waals surface area contributed by atoms with Crippen molar-refractivity contribution in [3.05, 3.63) is 71.3 Å². The van der Waals surface area contributed by atoms with Crippen molar-refractivity contribution in [1.29, 1.82) is 0 Å². The average molecular weight is 484 g/mol. The molecule has 0 aromatic heterocycles. The summed E-state index contributed by atoms with van der Waals surface area (Å²) in [5.41, 5.74) is 4.07. The maximum Gasteiger partial charge on any atom is 0.416 e. The van der Waals surface area contributed by atoms with E-state index in [1.165, 1.54) is 13.1 Å². The summed E-state index contributed by atoms with van der Waals surface area (Å²) < 4.78 is 45.7. The topological polar surface area (TPSA) is 76.4 Å². The summed E-state index contributed by atoms with van der Waals surface area (Å²) in [6.07, 6.45) is -3.43. The summed E-state index contributed by atoms with van der Waals surface area (Å²) >= 11 is 0. The number of hydrogen-bond acceptors (Lipinski definition) is 4. The van der Waals surface area contributed by atoms with Gasteiger partial charge in [0, 0.05) is 19.4 Å². The summed E-state index contributed by atoms with van der Waals surface area (Å²) in [5.74, 6) is -0.0403. The fourth-order valence-corrected chi connectivity index (χ4v) is 3.34. The Kier molecular flexibility index (Phi) is 15.1. The van der Waals surface area contributed by atoms with Gasteiger partial charge in [-0.25, -0.2) is 0 Å². The van der Waals surface area contributed by atoms with Crippen LogP contribution >= 0.6 is 0 Å². The van der Waals surface area contributed by atoms with Gasteiger partial charge in [0.15, 0.2) is 0 Å². The molecule has 4 N–H and O–H groups in total. The molecule has 2 aromatic carbocycles. The van der Waals surface area contributed by atoms with Crippen LogP contribution in [-0.4, -0.2) is 26.5 Å². The molecule has 5 nitrogen and oxygen atoms in total. The second kappa shape index (κ2) is 16.2. The van der Waals surface area contributed by atoms with Crippen LogP contribution in [0.2, 0.25) is 0 Å². The molecule has 2 rings (SSSR count). The zero-order chi connectivity index (χ0) is 26.2. The van der Waals surface area contributed by atoms with Gasteiger partial charge in [-0.2, -0.15) is 13.2 Å². The second-order valence-electron chi connectivity index (χ2n) is 7.18. The number of benzene rings is 2. The Morgan fingerprint density at radius 3 is 2.15 bits per heavy atom. The molecule has 0 saturated carbocycles. The van der Waals surface area contributed by atoms with Crippen LogP contribution in [0.4, 0.5) is 13.2 Å². The van der Waals surface area contributed by atoms with Crippen LogP contribution in [0.25, 0.3) is 0 Å². The van der Waals surface area contributed by atoms with Crippen molar-refractivity contribution >= 4 is 5.91 Å². The number of nitrogens with two attached hydrogens (primary N) is 1. The molecule has 2 aromatic rings. The van der Waals surface area contributed by atoms with Crippen molar-refractivity contribution in [1.82, 2.24) is 10.6 Å². The minimum absolute atomic E-state index is 0.0403. The van der Waals surface area contributed by atoms with Crippen LogP contribution in [0.3, 0.4) is 0 Å². The smallest absolute Gasteiger partial charge is 0.356 e. The molecule has 1 unspecified atom stereocenters. The number of hydrogen-bond donors (Lipinski definition) is 3. The van der Waals surface area contributed by atoms with Crippen molar-refractivity contribution in [2.75, 3.05) is 20.6 Å². The van der Waals surface area contributed by atoms with E-state index in [9.17, 15) is 18.0 Å². The number of amides is 1. The van der Waals surface area contributed by atoms with Crippen molar-refractivity contribution in [3.8, 4) is 0 Å². The molecule has 0 heterocycles. The quantitative estimate of drug-likeness (QED) is 0.376. The molecule has 0 radical (unpaired) electrons. The third-order valence-corrected chi connectivity index (χ3v) is 4.98. The largest absolute Gasteiger partial charge is 0.416 e. The summed E-state index contributed by atoms with van der Waals surface area (Å²) in [4.78, 5) is 11.9. The van der Waals surface area contributed by atoms with Gasteiger partial charge in [-0.15, -0.1) is 0 Å². The summed E-state index contributed by atoms with van der Waals surface area (Å²) in [5, 5.41) is 6.06. The minimum atomic E-state index is -4.42. The number of ether oxygens (including phenoxy) is 1. The van der Waals surface area contributed by atoms with E-state index in [-0.39, 0.29) is 5.91 Å². The second-order valence-corrected chi connectivity index (χ2v) is 7.18. The highest BCUT2D eigenvalue weighted by molar-refractivity contribution is 5.75. The highest BCUT2D eigenvalue weighted by atomic mass is 19.4. The maximum atomic E-state index is 13.1. The molecular weight excluding hydrogens is 443 g/mol. The molecule has 0 saturated heterocycles. The molecule has 34 heavy (non-hydrogen) atoms.